The average Bonchev–Trinajstić information content (AvgIpc) is 2.73. The van der Waals surface area contributed by atoms with Crippen molar-refractivity contribution >= 4 is 6.47 Å². The molecule has 3 fully saturated rings. The Morgan fingerprint density at radius 3 is 3.08 bits per heavy atom. The number of carbonyl (C=O) groups excluding carboxylic acids is 1. The smallest absolute Gasteiger partial charge is 0.293 e. The molecule has 4 unspecified atom stereocenters. The fraction of sp³-hybridized carbons (Fsp3) is 0.909. The van der Waals surface area contributed by atoms with Crippen LogP contribution < -0.4 is 0 Å². The fourth-order valence-electron chi connectivity index (χ4n) is 4.28. The Morgan fingerprint density at radius 1 is 1.31 bits per heavy atom. The van der Waals surface area contributed by atoms with Crippen LogP contribution in [0.1, 0.15) is 38.5 Å². The molecule has 0 radical (unpaired) electrons. The minimum Gasteiger partial charge on any atom is -0.461 e. The van der Waals surface area contributed by atoms with Gasteiger partial charge >= 0.3 is 0 Å². The first-order valence-corrected chi connectivity index (χ1v) is 5.47. The minimum atomic E-state index is -0.00637. The van der Waals surface area contributed by atoms with Crippen molar-refractivity contribution in [2.75, 3.05) is 0 Å². The van der Waals surface area contributed by atoms with E-state index in [4.69, 9.17) is 4.74 Å². The van der Waals surface area contributed by atoms with Crippen LogP contribution in [0.4, 0.5) is 0 Å². The van der Waals surface area contributed by atoms with Crippen molar-refractivity contribution in [3.05, 3.63) is 0 Å². The molecule has 2 nitrogen and oxygen atoms in total. The highest BCUT2D eigenvalue weighted by Gasteiger charge is 2.60. The van der Waals surface area contributed by atoms with E-state index in [2.05, 4.69) is 0 Å². The van der Waals surface area contributed by atoms with Gasteiger partial charge in [-0.2, -0.15) is 0 Å². The standard InChI is InChI=1S/C11H16O2/c12-7-13-11-5-4-8(6-11)9-2-1-3-10(9)11/h7-10H,1-6H2. The number of hydrogen-bond acceptors (Lipinski definition) is 2. The van der Waals surface area contributed by atoms with Gasteiger partial charge in [0, 0.05) is 5.92 Å². The summed E-state index contributed by atoms with van der Waals surface area (Å²) in [5.41, 5.74) is -0.00637. The van der Waals surface area contributed by atoms with Crippen LogP contribution in [0.2, 0.25) is 0 Å². The van der Waals surface area contributed by atoms with Crippen LogP contribution in [0.3, 0.4) is 0 Å². The van der Waals surface area contributed by atoms with E-state index in [0.29, 0.717) is 6.47 Å². The van der Waals surface area contributed by atoms with E-state index in [1.54, 1.807) is 0 Å². The summed E-state index contributed by atoms with van der Waals surface area (Å²) in [6.45, 7) is 0.684. The zero-order chi connectivity index (χ0) is 8.89. The maximum Gasteiger partial charge on any atom is 0.293 e. The summed E-state index contributed by atoms with van der Waals surface area (Å²) in [6, 6.07) is 0. The molecule has 2 heteroatoms. The van der Waals surface area contributed by atoms with Gasteiger partial charge in [0.1, 0.15) is 5.60 Å². The van der Waals surface area contributed by atoms with Crippen LogP contribution in [0, 0.1) is 17.8 Å². The van der Waals surface area contributed by atoms with Gasteiger partial charge in [-0.15, -0.1) is 0 Å². The molecule has 4 atom stereocenters. The van der Waals surface area contributed by atoms with Crippen LogP contribution in [-0.2, 0) is 9.53 Å². The quantitative estimate of drug-likeness (QED) is 0.608. The summed E-state index contributed by atoms with van der Waals surface area (Å²) in [4.78, 5) is 10.5. The maximum atomic E-state index is 10.5. The number of carbonyl (C=O) groups is 1. The van der Waals surface area contributed by atoms with Crippen molar-refractivity contribution in [3.63, 3.8) is 0 Å². The van der Waals surface area contributed by atoms with Crippen molar-refractivity contribution in [2.45, 2.75) is 44.1 Å². The van der Waals surface area contributed by atoms with Gasteiger partial charge in [0.2, 0.25) is 0 Å². The molecule has 0 aromatic rings. The first-order chi connectivity index (χ1) is 6.36. The molecule has 72 valence electrons. The molecule has 3 saturated carbocycles. The maximum absolute atomic E-state index is 10.5. The second kappa shape index (κ2) is 2.49. The van der Waals surface area contributed by atoms with E-state index in [9.17, 15) is 4.79 Å². The highest BCUT2D eigenvalue weighted by Crippen LogP contribution is 2.62. The topological polar surface area (TPSA) is 26.3 Å². The van der Waals surface area contributed by atoms with Gasteiger partial charge in [-0.3, -0.25) is 4.79 Å². The zero-order valence-corrected chi connectivity index (χ0v) is 7.87. The van der Waals surface area contributed by atoms with E-state index in [-0.39, 0.29) is 5.60 Å². The lowest BCUT2D eigenvalue weighted by Gasteiger charge is -2.33. The molecular weight excluding hydrogens is 164 g/mol. The Labute approximate surface area is 78.6 Å². The summed E-state index contributed by atoms with van der Waals surface area (Å²) in [6.07, 6.45) is 7.65. The lowest BCUT2D eigenvalue weighted by atomic mass is 9.79. The summed E-state index contributed by atoms with van der Waals surface area (Å²) in [7, 11) is 0. The molecule has 2 bridgehead atoms. The number of hydrogen-bond donors (Lipinski definition) is 0. The molecule has 3 aliphatic carbocycles. The molecule has 0 N–H and O–H groups in total. The normalized spacial score (nSPS) is 52.2. The fourth-order valence-corrected chi connectivity index (χ4v) is 4.28. The molecule has 3 rings (SSSR count). The van der Waals surface area contributed by atoms with Crippen molar-refractivity contribution in [1.82, 2.24) is 0 Å². The molecule has 3 aliphatic rings. The Morgan fingerprint density at radius 2 is 2.23 bits per heavy atom. The van der Waals surface area contributed by atoms with Gasteiger partial charge in [0.15, 0.2) is 0 Å². The number of fused-ring (bicyclic) bond motifs is 5. The van der Waals surface area contributed by atoms with Gasteiger partial charge < -0.3 is 4.74 Å². The largest absolute Gasteiger partial charge is 0.461 e. The van der Waals surface area contributed by atoms with E-state index in [0.717, 1.165) is 24.2 Å². The van der Waals surface area contributed by atoms with Crippen LogP contribution >= 0.6 is 0 Å². The Kier molecular flexibility index (Phi) is 1.50. The molecule has 0 aromatic heterocycles. The highest BCUT2D eigenvalue weighted by atomic mass is 16.5. The second-order valence-electron chi connectivity index (χ2n) is 4.98. The molecule has 13 heavy (non-hydrogen) atoms. The molecule has 0 aromatic carbocycles. The monoisotopic (exact) mass is 180 g/mol. The summed E-state index contributed by atoms with van der Waals surface area (Å²) >= 11 is 0. The van der Waals surface area contributed by atoms with Crippen molar-refractivity contribution < 1.29 is 9.53 Å². The predicted molar refractivity (Wildman–Crippen MR) is 48.1 cm³/mol. The minimum absolute atomic E-state index is 0.00637. The summed E-state index contributed by atoms with van der Waals surface area (Å²) in [5.74, 6) is 2.50. The lowest BCUT2D eigenvalue weighted by molar-refractivity contribution is -0.148. The van der Waals surface area contributed by atoms with Gasteiger partial charge in [-0.1, -0.05) is 6.42 Å². The van der Waals surface area contributed by atoms with Gasteiger partial charge in [0.05, 0.1) is 0 Å². The van der Waals surface area contributed by atoms with Crippen LogP contribution in [-0.4, -0.2) is 12.1 Å². The van der Waals surface area contributed by atoms with Gasteiger partial charge in [-0.25, -0.2) is 0 Å². The second-order valence-corrected chi connectivity index (χ2v) is 4.98. The lowest BCUT2D eigenvalue weighted by Crippen LogP contribution is -2.36. The van der Waals surface area contributed by atoms with Crippen LogP contribution in [0.25, 0.3) is 0 Å². The van der Waals surface area contributed by atoms with E-state index < -0.39 is 0 Å². The average molecular weight is 180 g/mol. The molecular formula is C11H16O2. The first kappa shape index (κ1) is 7.84. The predicted octanol–water partition coefficient (Wildman–Crippen LogP) is 2.13. The van der Waals surface area contributed by atoms with Gasteiger partial charge in [-0.05, 0) is 43.9 Å². The number of rotatable bonds is 2. The SMILES string of the molecule is O=COC12CCC(C1)C1CCCC12. The first-order valence-electron chi connectivity index (χ1n) is 5.47. The third kappa shape index (κ3) is 0.866. The van der Waals surface area contributed by atoms with Crippen LogP contribution in [0.15, 0.2) is 0 Å². The van der Waals surface area contributed by atoms with Crippen molar-refractivity contribution in [3.8, 4) is 0 Å². The van der Waals surface area contributed by atoms with Gasteiger partial charge in [0.25, 0.3) is 6.47 Å². The third-order valence-corrected chi connectivity index (χ3v) is 4.68. The number of ether oxygens (including phenoxy) is 1. The molecule has 0 heterocycles. The molecule has 0 amide bonds. The Hall–Kier alpha value is -0.530. The zero-order valence-electron chi connectivity index (χ0n) is 7.87. The van der Waals surface area contributed by atoms with Crippen molar-refractivity contribution in [2.24, 2.45) is 17.8 Å². The van der Waals surface area contributed by atoms with Crippen LogP contribution in [0.5, 0.6) is 0 Å². The Balaban J connectivity index is 1.91. The van der Waals surface area contributed by atoms with E-state index in [1.165, 1.54) is 32.1 Å². The highest BCUT2D eigenvalue weighted by molar-refractivity contribution is 5.39. The van der Waals surface area contributed by atoms with E-state index >= 15 is 0 Å². The third-order valence-electron chi connectivity index (χ3n) is 4.68. The molecule has 0 spiro atoms. The summed E-state index contributed by atoms with van der Waals surface area (Å²) in [5, 5.41) is 0. The molecule has 0 aliphatic heterocycles. The summed E-state index contributed by atoms with van der Waals surface area (Å²) < 4.78 is 5.41. The molecule has 0 saturated heterocycles. The Bertz CT molecular complexity index is 238. The van der Waals surface area contributed by atoms with Crippen molar-refractivity contribution in [1.29, 1.82) is 0 Å². The van der Waals surface area contributed by atoms with E-state index in [1.807, 2.05) is 0 Å².